The van der Waals surface area contributed by atoms with Gasteiger partial charge in [0.15, 0.2) is 4.77 Å². The molecule has 0 spiro atoms. The van der Waals surface area contributed by atoms with Crippen LogP contribution in [0.25, 0.3) is 15.9 Å². The minimum absolute atomic E-state index is 0.630. The van der Waals surface area contributed by atoms with Gasteiger partial charge in [-0.15, -0.1) is 11.3 Å². The van der Waals surface area contributed by atoms with Crippen LogP contribution in [0, 0.1) is 4.77 Å². The van der Waals surface area contributed by atoms with Gasteiger partial charge in [0, 0.05) is 6.42 Å². The summed E-state index contributed by atoms with van der Waals surface area (Å²) in [5, 5.41) is 7.04. The number of H-pyrrole nitrogens is 1. The molecule has 4 nitrogen and oxygen atoms in total. The number of benzene rings is 1. The number of hydrogen-bond donors (Lipinski definition) is 1. The van der Waals surface area contributed by atoms with Gasteiger partial charge in [-0.1, -0.05) is 6.92 Å². The first-order chi connectivity index (χ1) is 8.29. The summed E-state index contributed by atoms with van der Waals surface area (Å²) in [5.41, 5.74) is 3.91. The molecular formula is C11H10N4S2. The zero-order valence-corrected chi connectivity index (χ0v) is 10.8. The fraction of sp³-hybridized carbons (Fsp3) is 0.182. The highest BCUT2D eigenvalue weighted by atomic mass is 32.1. The molecule has 17 heavy (non-hydrogen) atoms. The van der Waals surface area contributed by atoms with Crippen LogP contribution in [0.1, 0.15) is 12.7 Å². The molecule has 1 N–H and O–H groups in total. The van der Waals surface area contributed by atoms with Crippen molar-refractivity contribution in [2.45, 2.75) is 13.3 Å². The number of aryl methyl sites for hydroxylation is 1. The molecule has 0 aliphatic carbocycles. The summed E-state index contributed by atoms with van der Waals surface area (Å²) in [6.45, 7) is 2.06. The summed E-state index contributed by atoms with van der Waals surface area (Å²) in [5.74, 6) is 0.943. The highest BCUT2D eigenvalue weighted by Gasteiger charge is 2.07. The molecule has 0 saturated heterocycles. The Hall–Kier alpha value is -1.53. The zero-order chi connectivity index (χ0) is 11.8. The maximum absolute atomic E-state index is 5.26. The summed E-state index contributed by atoms with van der Waals surface area (Å²) < 4.78 is 3.76. The highest BCUT2D eigenvalue weighted by Crippen LogP contribution is 2.22. The molecule has 0 bridgehead atoms. The molecule has 1 aromatic carbocycles. The van der Waals surface area contributed by atoms with Crippen molar-refractivity contribution in [3.63, 3.8) is 0 Å². The Kier molecular flexibility index (Phi) is 2.53. The molecule has 86 valence electrons. The van der Waals surface area contributed by atoms with Gasteiger partial charge in [-0.25, -0.2) is 4.98 Å². The van der Waals surface area contributed by atoms with Crippen molar-refractivity contribution in [3.05, 3.63) is 34.3 Å². The fourth-order valence-electron chi connectivity index (χ4n) is 1.82. The lowest BCUT2D eigenvalue weighted by Crippen LogP contribution is -1.99. The van der Waals surface area contributed by atoms with Gasteiger partial charge in [-0.2, -0.15) is 5.10 Å². The summed E-state index contributed by atoms with van der Waals surface area (Å²) in [6.07, 6.45) is 0.841. The van der Waals surface area contributed by atoms with Crippen LogP contribution in [0.2, 0.25) is 0 Å². The smallest absolute Gasteiger partial charge is 0.199 e. The average molecular weight is 262 g/mol. The number of nitrogens with zero attached hydrogens (tertiary/aromatic N) is 3. The van der Waals surface area contributed by atoms with E-state index in [0.717, 1.165) is 28.1 Å². The highest BCUT2D eigenvalue weighted by molar-refractivity contribution is 7.71. The van der Waals surface area contributed by atoms with Gasteiger partial charge >= 0.3 is 0 Å². The molecule has 0 amide bonds. The van der Waals surface area contributed by atoms with Crippen molar-refractivity contribution in [3.8, 4) is 5.69 Å². The van der Waals surface area contributed by atoms with Gasteiger partial charge in [0.2, 0.25) is 0 Å². The first kappa shape index (κ1) is 10.6. The van der Waals surface area contributed by atoms with E-state index < -0.39 is 0 Å². The van der Waals surface area contributed by atoms with Gasteiger partial charge in [-0.05, 0) is 30.4 Å². The molecule has 0 radical (unpaired) electrons. The Morgan fingerprint density at radius 3 is 3.18 bits per heavy atom. The zero-order valence-electron chi connectivity index (χ0n) is 9.17. The maximum Gasteiger partial charge on any atom is 0.199 e. The minimum atomic E-state index is 0.630. The van der Waals surface area contributed by atoms with Crippen molar-refractivity contribution < 1.29 is 0 Å². The lowest BCUT2D eigenvalue weighted by molar-refractivity contribution is 0.881. The molecule has 3 aromatic rings. The predicted octanol–water partition coefficient (Wildman–Crippen LogP) is 3.10. The summed E-state index contributed by atoms with van der Waals surface area (Å²) in [4.78, 5) is 4.27. The first-order valence-corrected chi connectivity index (χ1v) is 6.58. The first-order valence-electron chi connectivity index (χ1n) is 5.29. The van der Waals surface area contributed by atoms with Crippen LogP contribution in [0.4, 0.5) is 0 Å². The monoisotopic (exact) mass is 262 g/mol. The van der Waals surface area contributed by atoms with Crippen LogP contribution in [0.3, 0.4) is 0 Å². The molecule has 0 atom stereocenters. The molecule has 3 rings (SSSR count). The van der Waals surface area contributed by atoms with Crippen LogP contribution in [-0.2, 0) is 6.42 Å². The molecule has 2 heterocycles. The van der Waals surface area contributed by atoms with E-state index in [2.05, 4.69) is 28.2 Å². The fourth-order valence-corrected chi connectivity index (χ4v) is 2.78. The molecule has 2 aromatic heterocycles. The van der Waals surface area contributed by atoms with E-state index >= 15 is 0 Å². The van der Waals surface area contributed by atoms with Crippen molar-refractivity contribution in [2.75, 3.05) is 0 Å². The number of aromatic nitrogens is 4. The van der Waals surface area contributed by atoms with Gasteiger partial charge in [0.05, 0.1) is 21.4 Å². The number of aromatic amines is 1. The maximum atomic E-state index is 5.26. The molecule has 0 aliphatic rings. The number of thiazole rings is 1. The summed E-state index contributed by atoms with van der Waals surface area (Å²) in [6, 6.07) is 6.12. The van der Waals surface area contributed by atoms with Crippen LogP contribution in [0.15, 0.2) is 23.7 Å². The van der Waals surface area contributed by atoms with Crippen LogP contribution in [-0.4, -0.2) is 19.7 Å². The van der Waals surface area contributed by atoms with E-state index in [1.54, 1.807) is 11.3 Å². The van der Waals surface area contributed by atoms with Crippen LogP contribution in [0.5, 0.6) is 0 Å². The lowest BCUT2D eigenvalue weighted by atomic mass is 10.3. The SMILES string of the molecule is CCc1n[nH]c(=S)n1-c1ccc2ncsc2c1. The van der Waals surface area contributed by atoms with Gasteiger partial charge in [-0.3, -0.25) is 9.67 Å². The third-order valence-electron chi connectivity index (χ3n) is 2.63. The van der Waals surface area contributed by atoms with Crippen molar-refractivity contribution in [1.29, 1.82) is 0 Å². The normalized spacial score (nSPS) is 11.1. The number of hydrogen-bond acceptors (Lipinski definition) is 4. The Morgan fingerprint density at radius 1 is 1.47 bits per heavy atom. The quantitative estimate of drug-likeness (QED) is 0.722. The summed E-state index contributed by atoms with van der Waals surface area (Å²) >= 11 is 6.88. The van der Waals surface area contributed by atoms with Gasteiger partial charge in [0.1, 0.15) is 5.82 Å². The minimum Gasteiger partial charge on any atom is -0.272 e. The third kappa shape index (κ3) is 1.69. The van der Waals surface area contributed by atoms with Crippen LogP contribution >= 0.6 is 23.6 Å². The topological polar surface area (TPSA) is 46.5 Å². The molecular weight excluding hydrogens is 252 g/mol. The van der Waals surface area contributed by atoms with E-state index in [9.17, 15) is 0 Å². The second-order valence-corrected chi connectivity index (χ2v) is 4.91. The Balaban J connectivity index is 2.26. The van der Waals surface area contributed by atoms with Gasteiger partial charge < -0.3 is 0 Å². The van der Waals surface area contributed by atoms with Gasteiger partial charge in [0.25, 0.3) is 0 Å². The van der Waals surface area contributed by atoms with Crippen molar-refractivity contribution in [1.82, 2.24) is 19.7 Å². The predicted molar refractivity (Wildman–Crippen MR) is 71.3 cm³/mol. The number of fused-ring (bicyclic) bond motifs is 1. The Morgan fingerprint density at radius 2 is 2.35 bits per heavy atom. The second-order valence-electron chi connectivity index (χ2n) is 3.64. The second kappa shape index (κ2) is 4.05. The van der Waals surface area contributed by atoms with Crippen molar-refractivity contribution in [2.24, 2.45) is 0 Å². The lowest BCUT2D eigenvalue weighted by Gasteiger charge is -2.04. The van der Waals surface area contributed by atoms with Crippen LogP contribution < -0.4 is 0 Å². The largest absolute Gasteiger partial charge is 0.272 e. The molecule has 0 fully saturated rings. The standard InChI is InChI=1S/C11H10N4S2/c1-2-10-13-14-11(16)15(10)7-3-4-8-9(5-7)17-6-12-8/h3-6H,2H2,1H3,(H,14,16). The molecule has 6 heteroatoms. The van der Waals surface area contributed by atoms with E-state index in [0.29, 0.717) is 4.77 Å². The Bertz CT molecular complexity index is 722. The third-order valence-corrected chi connectivity index (χ3v) is 3.70. The molecule has 0 aliphatic heterocycles. The van der Waals surface area contributed by atoms with Crippen molar-refractivity contribution >= 4 is 33.8 Å². The average Bonchev–Trinajstić information content (AvgIpc) is 2.93. The van der Waals surface area contributed by atoms with E-state index in [-0.39, 0.29) is 0 Å². The number of nitrogens with one attached hydrogen (secondary N) is 1. The summed E-state index contributed by atoms with van der Waals surface area (Å²) in [7, 11) is 0. The van der Waals surface area contributed by atoms with E-state index in [1.807, 2.05) is 22.2 Å². The van der Waals surface area contributed by atoms with E-state index in [1.165, 1.54) is 0 Å². The molecule has 0 saturated carbocycles. The van der Waals surface area contributed by atoms with E-state index in [4.69, 9.17) is 12.2 Å². The Labute approximate surface area is 107 Å². The number of rotatable bonds is 2. The molecule has 0 unspecified atom stereocenters.